The molecule has 26 heavy (non-hydrogen) atoms. The van der Waals surface area contributed by atoms with Gasteiger partial charge in [-0.3, -0.25) is 4.79 Å². The normalized spacial score (nSPS) is 20.2. The van der Waals surface area contributed by atoms with Gasteiger partial charge in [-0.2, -0.15) is 5.26 Å². The van der Waals surface area contributed by atoms with Crippen LogP contribution in [0.3, 0.4) is 0 Å². The van der Waals surface area contributed by atoms with Gasteiger partial charge in [0.05, 0.1) is 7.11 Å². The fourth-order valence-electron chi connectivity index (χ4n) is 3.20. The van der Waals surface area contributed by atoms with Crippen LogP contribution < -0.4 is 4.74 Å². The second-order valence-corrected chi connectivity index (χ2v) is 6.45. The molecule has 2 atom stereocenters. The number of amides is 1. The van der Waals surface area contributed by atoms with Crippen LogP contribution in [0, 0.1) is 11.3 Å². The predicted octanol–water partition coefficient (Wildman–Crippen LogP) is 2.93. The number of carbonyl (C=O) groups is 2. The first-order valence-electron chi connectivity index (χ1n) is 8.70. The molecule has 0 aliphatic carbocycles. The number of likely N-dealkylation sites (tertiary alicyclic amines) is 1. The number of rotatable bonds is 5. The topological polar surface area (TPSA) is 79.6 Å². The van der Waals surface area contributed by atoms with E-state index in [1.807, 2.05) is 19.9 Å². The number of benzene rings is 1. The zero-order chi connectivity index (χ0) is 19.1. The zero-order valence-electron chi connectivity index (χ0n) is 15.4. The molecule has 0 N–H and O–H groups in total. The first-order chi connectivity index (χ1) is 12.5. The van der Waals surface area contributed by atoms with Crippen molar-refractivity contribution in [3.8, 4) is 11.8 Å². The molecular formula is C20H24N2O4. The molecule has 6 nitrogen and oxygen atoms in total. The van der Waals surface area contributed by atoms with Gasteiger partial charge in [-0.1, -0.05) is 12.1 Å². The van der Waals surface area contributed by atoms with E-state index in [-0.39, 0.29) is 30.2 Å². The van der Waals surface area contributed by atoms with E-state index in [1.165, 1.54) is 6.08 Å². The molecule has 1 aromatic carbocycles. The summed E-state index contributed by atoms with van der Waals surface area (Å²) in [4.78, 5) is 26.3. The molecule has 0 aromatic heterocycles. The molecule has 0 spiro atoms. The fourth-order valence-corrected chi connectivity index (χ4v) is 3.20. The SMILES string of the molecule is COc1ccc(/C=C(\C#N)C(=O)OCC(=O)N2[C@H](C)CCC[C@H]2C)cc1. The van der Waals surface area contributed by atoms with Crippen LogP contribution in [0.5, 0.6) is 5.75 Å². The highest BCUT2D eigenvalue weighted by Crippen LogP contribution is 2.22. The molecule has 0 unspecified atom stereocenters. The summed E-state index contributed by atoms with van der Waals surface area (Å²) in [7, 11) is 1.56. The zero-order valence-corrected chi connectivity index (χ0v) is 15.4. The van der Waals surface area contributed by atoms with Crippen LogP contribution in [0.25, 0.3) is 6.08 Å². The summed E-state index contributed by atoms with van der Waals surface area (Å²) < 4.78 is 10.1. The van der Waals surface area contributed by atoms with E-state index >= 15 is 0 Å². The molecule has 138 valence electrons. The second kappa shape index (κ2) is 9.04. The standard InChI is InChI=1S/C20H24N2O4/c1-14-5-4-6-15(2)22(14)19(23)13-26-20(24)17(12-21)11-16-7-9-18(25-3)10-8-16/h7-11,14-15H,4-6,13H2,1-3H3/b17-11+/t14-,15-/m1/s1. The van der Waals surface area contributed by atoms with Crippen LogP contribution in [0.4, 0.5) is 0 Å². The summed E-state index contributed by atoms with van der Waals surface area (Å²) >= 11 is 0. The van der Waals surface area contributed by atoms with Gasteiger partial charge in [0.1, 0.15) is 17.4 Å². The fraction of sp³-hybridized carbons (Fsp3) is 0.450. The van der Waals surface area contributed by atoms with Crippen molar-refractivity contribution in [2.24, 2.45) is 0 Å². The molecule has 0 saturated carbocycles. The smallest absolute Gasteiger partial charge is 0.349 e. The molecule has 1 aromatic rings. The van der Waals surface area contributed by atoms with Crippen molar-refractivity contribution in [1.29, 1.82) is 5.26 Å². The molecule has 1 heterocycles. The maximum atomic E-state index is 12.4. The number of nitrogens with zero attached hydrogens (tertiary/aromatic N) is 2. The Hall–Kier alpha value is -2.81. The largest absolute Gasteiger partial charge is 0.497 e. The van der Waals surface area contributed by atoms with Crippen LogP contribution in [0.1, 0.15) is 38.7 Å². The summed E-state index contributed by atoms with van der Waals surface area (Å²) in [6.45, 7) is 3.65. The lowest BCUT2D eigenvalue weighted by molar-refractivity contribution is -0.151. The van der Waals surface area contributed by atoms with Crippen LogP contribution >= 0.6 is 0 Å². The van der Waals surface area contributed by atoms with Gasteiger partial charge in [0, 0.05) is 12.1 Å². The number of esters is 1. The van der Waals surface area contributed by atoms with Crippen molar-refractivity contribution in [1.82, 2.24) is 4.90 Å². The summed E-state index contributed by atoms with van der Waals surface area (Å²) in [5, 5.41) is 9.22. The van der Waals surface area contributed by atoms with E-state index in [0.29, 0.717) is 11.3 Å². The maximum Gasteiger partial charge on any atom is 0.349 e. The average molecular weight is 356 g/mol. The van der Waals surface area contributed by atoms with Crippen molar-refractivity contribution in [3.05, 3.63) is 35.4 Å². The number of ether oxygens (including phenoxy) is 2. The first-order valence-corrected chi connectivity index (χ1v) is 8.70. The minimum atomic E-state index is -0.797. The summed E-state index contributed by atoms with van der Waals surface area (Å²) in [5.74, 6) is -0.340. The summed E-state index contributed by atoms with van der Waals surface area (Å²) in [6, 6.07) is 9.02. The van der Waals surface area contributed by atoms with E-state index in [4.69, 9.17) is 9.47 Å². The van der Waals surface area contributed by atoms with Gasteiger partial charge in [-0.25, -0.2) is 4.79 Å². The second-order valence-electron chi connectivity index (χ2n) is 6.45. The molecular weight excluding hydrogens is 332 g/mol. The first kappa shape index (κ1) is 19.5. The van der Waals surface area contributed by atoms with E-state index in [0.717, 1.165) is 19.3 Å². The Morgan fingerprint density at radius 2 is 1.85 bits per heavy atom. The Kier molecular flexibility index (Phi) is 6.79. The minimum absolute atomic E-state index is 0.134. The lowest BCUT2D eigenvalue weighted by atomic mass is 9.97. The van der Waals surface area contributed by atoms with Gasteiger partial charge in [-0.15, -0.1) is 0 Å². The average Bonchev–Trinajstić information content (AvgIpc) is 2.64. The third kappa shape index (κ3) is 4.85. The third-order valence-electron chi connectivity index (χ3n) is 4.58. The molecule has 1 aliphatic heterocycles. The number of methoxy groups -OCH3 is 1. The molecule has 2 rings (SSSR count). The van der Waals surface area contributed by atoms with Crippen LogP contribution in [0.15, 0.2) is 29.8 Å². The van der Waals surface area contributed by atoms with Crippen LogP contribution in [-0.2, 0) is 14.3 Å². The predicted molar refractivity (Wildman–Crippen MR) is 97.2 cm³/mol. The highest BCUT2D eigenvalue weighted by molar-refractivity contribution is 5.98. The highest BCUT2D eigenvalue weighted by atomic mass is 16.5. The molecule has 1 saturated heterocycles. The molecule has 1 fully saturated rings. The number of carbonyl (C=O) groups excluding carboxylic acids is 2. The third-order valence-corrected chi connectivity index (χ3v) is 4.58. The lowest BCUT2D eigenvalue weighted by Crippen LogP contribution is -2.49. The van der Waals surface area contributed by atoms with Gasteiger partial charge in [0.2, 0.25) is 0 Å². The highest BCUT2D eigenvalue weighted by Gasteiger charge is 2.29. The molecule has 1 amide bonds. The van der Waals surface area contributed by atoms with Gasteiger partial charge in [0.15, 0.2) is 6.61 Å². The van der Waals surface area contributed by atoms with Gasteiger partial charge in [0.25, 0.3) is 5.91 Å². The Balaban J connectivity index is 1.99. The van der Waals surface area contributed by atoms with Crippen molar-refractivity contribution in [2.45, 2.75) is 45.2 Å². The Morgan fingerprint density at radius 1 is 1.23 bits per heavy atom. The molecule has 1 aliphatic rings. The van der Waals surface area contributed by atoms with E-state index < -0.39 is 5.97 Å². The van der Waals surface area contributed by atoms with Crippen LogP contribution in [0.2, 0.25) is 0 Å². The van der Waals surface area contributed by atoms with E-state index in [2.05, 4.69) is 0 Å². The Labute approximate surface area is 154 Å². The molecule has 0 bridgehead atoms. The minimum Gasteiger partial charge on any atom is -0.497 e. The Morgan fingerprint density at radius 3 is 2.38 bits per heavy atom. The number of hydrogen-bond donors (Lipinski definition) is 0. The van der Waals surface area contributed by atoms with Crippen LogP contribution in [-0.4, -0.2) is 42.6 Å². The van der Waals surface area contributed by atoms with E-state index in [9.17, 15) is 14.9 Å². The molecule has 6 heteroatoms. The van der Waals surface area contributed by atoms with Crippen molar-refractivity contribution >= 4 is 18.0 Å². The van der Waals surface area contributed by atoms with Gasteiger partial charge in [-0.05, 0) is 56.9 Å². The lowest BCUT2D eigenvalue weighted by Gasteiger charge is -2.38. The van der Waals surface area contributed by atoms with Crippen molar-refractivity contribution < 1.29 is 19.1 Å². The van der Waals surface area contributed by atoms with E-state index in [1.54, 1.807) is 36.3 Å². The maximum absolute atomic E-state index is 12.4. The Bertz CT molecular complexity index is 708. The number of hydrogen-bond acceptors (Lipinski definition) is 5. The van der Waals surface area contributed by atoms with Gasteiger partial charge >= 0.3 is 5.97 Å². The van der Waals surface area contributed by atoms with Gasteiger partial charge < -0.3 is 14.4 Å². The van der Waals surface area contributed by atoms with Crippen molar-refractivity contribution in [2.75, 3.05) is 13.7 Å². The summed E-state index contributed by atoms with van der Waals surface area (Å²) in [6.07, 6.45) is 4.42. The molecule has 0 radical (unpaired) electrons. The summed E-state index contributed by atoms with van der Waals surface area (Å²) in [5.41, 5.74) is 0.520. The monoisotopic (exact) mass is 356 g/mol. The number of nitriles is 1. The number of piperidine rings is 1. The quantitative estimate of drug-likeness (QED) is 0.460. The van der Waals surface area contributed by atoms with Crippen molar-refractivity contribution in [3.63, 3.8) is 0 Å².